The zero-order valence-electron chi connectivity index (χ0n) is 6.53. The van der Waals surface area contributed by atoms with Gasteiger partial charge in [-0.25, -0.2) is 0 Å². The molecule has 0 aliphatic carbocycles. The van der Waals surface area contributed by atoms with Crippen LogP contribution in [0.15, 0.2) is 0 Å². The van der Waals surface area contributed by atoms with Crippen LogP contribution in [0.25, 0.3) is 0 Å². The van der Waals surface area contributed by atoms with E-state index < -0.39 is 18.1 Å². The van der Waals surface area contributed by atoms with Gasteiger partial charge in [-0.15, -0.1) is 0 Å². The first kappa shape index (κ1) is 11.7. The zero-order chi connectivity index (χ0) is 6.73. The summed E-state index contributed by atoms with van der Waals surface area (Å²) in [5.41, 5.74) is 4.91. The largest absolute Gasteiger partial charge is 1.00 e. The molecule has 4 nitrogen and oxygen atoms in total. The van der Waals surface area contributed by atoms with Crippen LogP contribution in [0.4, 0.5) is 0 Å². The first-order valence-corrected chi connectivity index (χ1v) is 2.22. The second-order valence-corrected chi connectivity index (χ2v) is 1.60. The number of carboxylic acid groups (broad SMARTS) is 1. The van der Waals surface area contributed by atoms with Crippen molar-refractivity contribution in [2.24, 2.45) is 5.73 Å². The SMILES string of the molecule is C[C@@H](O)[C@H](N)C(=O)O.[H-].[Li+]. The minimum atomic E-state index is -1.18. The van der Waals surface area contributed by atoms with Crippen molar-refractivity contribution in [2.45, 2.75) is 19.1 Å². The third-order valence-corrected chi connectivity index (χ3v) is 0.805. The van der Waals surface area contributed by atoms with E-state index in [1.54, 1.807) is 0 Å². The first-order chi connectivity index (χ1) is 3.55. The first-order valence-electron chi connectivity index (χ1n) is 2.22. The minimum Gasteiger partial charge on any atom is -1.00 e. The number of carboxylic acids is 1. The van der Waals surface area contributed by atoms with Crippen molar-refractivity contribution in [1.29, 1.82) is 0 Å². The summed E-state index contributed by atoms with van der Waals surface area (Å²) in [6.45, 7) is 1.33. The molecule has 0 spiro atoms. The van der Waals surface area contributed by atoms with E-state index in [1.165, 1.54) is 6.92 Å². The third-order valence-electron chi connectivity index (χ3n) is 0.805. The standard InChI is InChI=1S/C4H9NO3.Li.H/c1-2(6)3(5)4(7)8;;/h2-3,6H,5H2,1H3,(H,7,8);;/q;+1;-1/t2-,3+;;/m1../s1. The molecule has 5 heteroatoms. The Labute approximate surface area is 66.7 Å². The van der Waals surface area contributed by atoms with Crippen molar-refractivity contribution < 1.29 is 35.3 Å². The van der Waals surface area contributed by atoms with Gasteiger partial charge in [0, 0.05) is 0 Å². The molecule has 0 fully saturated rings. The Morgan fingerprint density at radius 2 is 2.11 bits per heavy atom. The fourth-order valence-electron chi connectivity index (χ4n) is 0.206. The second-order valence-electron chi connectivity index (χ2n) is 1.60. The van der Waals surface area contributed by atoms with Gasteiger partial charge in [-0.1, -0.05) is 0 Å². The van der Waals surface area contributed by atoms with Gasteiger partial charge < -0.3 is 17.4 Å². The number of hydrogen-bond acceptors (Lipinski definition) is 3. The van der Waals surface area contributed by atoms with Gasteiger partial charge in [-0.2, -0.15) is 0 Å². The van der Waals surface area contributed by atoms with Crippen LogP contribution in [0.5, 0.6) is 0 Å². The molecule has 0 aromatic carbocycles. The van der Waals surface area contributed by atoms with Crippen molar-refractivity contribution in [1.82, 2.24) is 0 Å². The Morgan fingerprint density at radius 1 is 1.78 bits per heavy atom. The van der Waals surface area contributed by atoms with Gasteiger partial charge >= 0.3 is 24.8 Å². The predicted molar refractivity (Wildman–Crippen MR) is 28.4 cm³/mol. The Hall–Kier alpha value is -0.0126. The molecule has 0 heterocycles. The molecule has 2 atom stereocenters. The van der Waals surface area contributed by atoms with E-state index in [9.17, 15) is 4.79 Å². The molecule has 0 saturated carbocycles. The van der Waals surface area contributed by atoms with Crippen LogP contribution in [0.1, 0.15) is 8.35 Å². The Balaban J connectivity index is -0.000000245. The van der Waals surface area contributed by atoms with Crippen LogP contribution in [0.3, 0.4) is 0 Å². The van der Waals surface area contributed by atoms with Gasteiger partial charge in [-0.3, -0.25) is 4.79 Å². The van der Waals surface area contributed by atoms with Crippen molar-refractivity contribution in [3.05, 3.63) is 0 Å². The van der Waals surface area contributed by atoms with Crippen molar-refractivity contribution in [3.63, 3.8) is 0 Å². The van der Waals surface area contributed by atoms with Crippen LogP contribution in [-0.4, -0.2) is 28.3 Å². The number of rotatable bonds is 2. The quantitative estimate of drug-likeness (QED) is 0.329. The van der Waals surface area contributed by atoms with E-state index >= 15 is 0 Å². The van der Waals surface area contributed by atoms with E-state index in [0.717, 1.165) is 0 Å². The van der Waals surface area contributed by atoms with Crippen LogP contribution in [0, 0.1) is 0 Å². The predicted octanol–water partition coefficient (Wildman–Crippen LogP) is -4.10. The average Bonchev–Trinajstić information content (AvgIpc) is 1.64. The summed E-state index contributed by atoms with van der Waals surface area (Å²) in [7, 11) is 0. The van der Waals surface area contributed by atoms with Gasteiger partial charge in [0.05, 0.1) is 6.10 Å². The topological polar surface area (TPSA) is 83.5 Å². The molecule has 0 saturated heterocycles. The van der Waals surface area contributed by atoms with Crippen LogP contribution >= 0.6 is 0 Å². The second kappa shape index (κ2) is 4.83. The third kappa shape index (κ3) is 4.49. The van der Waals surface area contributed by atoms with Crippen LogP contribution in [-0.2, 0) is 4.79 Å². The molecule has 4 N–H and O–H groups in total. The normalized spacial score (nSPS) is 15.4. The molecule has 9 heavy (non-hydrogen) atoms. The number of carbonyl (C=O) groups is 1. The molecule has 0 aliphatic rings. The van der Waals surface area contributed by atoms with Crippen molar-refractivity contribution in [3.8, 4) is 0 Å². The number of nitrogens with two attached hydrogens (primary N) is 1. The number of aliphatic carboxylic acids is 1. The van der Waals surface area contributed by atoms with Gasteiger partial charge in [0.2, 0.25) is 0 Å². The van der Waals surface area contributed by atoms with E-state index in [4.69, 9.17) is 15.9 Å². The zero-order valence-corrected chi connectivity index (χ0v) is 5.53. The summed E-state index contributed by atoms with van der Waals surface area (Å²) in [5, 5.41) is 16.6. The molecular weight excluding hydrogens is 117 g/mol. The molecule has 0 amide bonds. The van der Waals surface area contributed by atoms with Crippen molar-refractivity contribution >= 4 is 5.97 Å². The minimum absolute atomic E-state index is 0. The molecule has 0 bridgehead atoms. The Morgan fingerprint density at radius 3 is 2.11 bits per heavy atom. The van der Waals surface area contributed by atoms with Gasteiger partial charge in [0.1, 0.15) is 6.04 Å². The molecule has 0 radical (unpaired) electrons. The maximum absolute atomic E-state index is 9.86. The average molecular weight is 127 g/mol. The van der Waals surface area contributed by atoms with E-state index in [-0.39, 0.29) is 20.3 Å². The summed E-state index contributed by atoms with van der Waals surface area (Å²) in [5.74, 6) is -1.18. The summed E-state index contributed by atoms with van der Waals surface area (Å²) in [4.78, 5) is 9.86. The number of hydrogen-bond donors (Lipinski definition) is 3. The molecule has 0 rings (SSSR count). The molecule has 0 aliphatic heterocycles. The summed E-state index contributed by atoms with van der Waals surface area (Å²) < 4.78 is 0. The van der Waals surface area contributed by atoms with E-state index in [1.807, 2.05) is 0 Å². The smallest absolute Gasteiger partial charge is 1.00 e. The summed E-state index contributed by atoms with van der Waals surface area (Å²) in [6.07, 6.45) is -0.979. The summed E-state index contributed by atoms with van der Waals surface area (Å²) >= 11 is 0. The van der Waals surface area contributed by atoms with Crippen LogP contribution in [0.2, 0.25) is 0 Å². The Kier molecular flexibility index (Phi) is 6.30. The van der Waals surface area contributed by atoms with Gasteiger partial charge in [-0.05, 0) is 6.92 Å². The molecule has 0 aromatic heterocycles. The summed E-state index contributed by atoms with van der Waals surface area (Å²) in [6, 6.07) is -1.16. The molecule has 0 aromatic rings. The Bertz CT molecular complexity index is 101. The maximum Gasteiger partial charge on any atom is 1.00 e. The molecule has 50 valence electrons. The molecular formula is C4H10LiNO3. The fraction of sp³-hybridized carbons (Fsp3) is 0.750. The van der Waals surface area contributed by atoms with E-state index in [2.05, 4.69) is 0 Å². The number of aliphatic hydroxyl groups is 1. The monoisotopic (exact) mass is 127 g/mol. The number of aliphatic hydroxyl groups excluding tert-OH is 1. The fourth-order valence-corrected chi connectivity index (χ4v) is 0.206. The van der Waals surface area contributed by atoms with Crippen molar-refractivity contribution in [2.75, 3.05) is 0 Å². The van der Waals surface area contributed by atoms with Gasteiger partial charge in [0.25, 0.3) is 0 Å². The van der Waals surface area contributed by atoms with Crippen LogP contribution < -0.4 is 24.6 Å². The molecule has 0 unspecified atom stereocenters. The maximum atomic E-state index is 9.86. The van der Waals surface area contributed by atoms with Gasteiger partial charge in [0.15, 0.2) is 0 Å². The van der Waals surface area contributed by atoms with E-state index in [0.29, 0.717) is 0 Å².